The summed E-state index contributed by atoms with van der Waals surface area (Å²) in [6, 6.07) is 7.53. The van der Waals surface area contributed by atoms with E-state index in [9.17, 15) is 13.2 Å². The molecule has 1 amide bonds. The van der Waals surface area contributed by atoms with Gasteiger partial charge >= 0.3 is 0 Å². The van der Waals surface area contributed by atoms with Crippen molar-refractivity contribution >= 4 is 37.3 Å². The number of aryl methyl sites for hydroxylation is 1. The van der Waals surface area contributed by atoms with Crippen LogP contribution in [0.2, 0.25) is 0 Å². The molecule has 9 heteroatoms. The van der Waals surface area contributed by atoms with Gasteiger partial charge in [-0.1, -0.05) is 12.1 Å². The number of fused-ring (bicyclic) bond motifs is 1. The molecule has 0 saturated carbocycles. The van der Waals surface area contributed by atoms with Crippen LogP contribution >= 0.6 is 11.3 Å². The fourth-order valence-electron chi connectivity index (χ4n) is 2.67. The molecule has 24 heavy (non-hydrogen) atoms. The minimum atomic E-state index is -3.52. The first-order chi connectivity index (χ1) is 11.5. The van der Waals surface area contributed by atoms with Crippen LogP contribution in [-0.4, -0.2) is 52.1 Å². The number of hydrogen-bond donors (Lipinski definition) is 0. The second-order valence-electron chi connectivity index (χ2n) is 5.68. The zero-order chi connectivity index (χ0) is 16.9. The van der Waals surface area contributed by atoms with Crippen LogP contribution < -0.4 is 0 Å². The van der Waals surface area contributed by atoms with Crippen molar-refractivity contribution in [2.75, 3.05) is 13.1 Å². The van der Waals surface area contributed by atoms with E-state index < -0.39 is 15.1 Å². The summed E-state index contributed by atoms with van der Waals surface area (Å²) in [5, 5.41) is -0.180. The minimum absolute atomic E-state index is 0.0413. The van der Waals surface area contributed by atoms with Gasteiger partial charge in [-0.25, -0.2) is 18.4 Å². The van der Waals surface area contributed by atoms with E-state index in [0.29, 0.717) is 5.01 Å². The molecule has 1 fully saturated rings. The summed E-state index contributed by atoms with van der Waals surface area (Å²) in [6.07, 6.45) is 3.05. The molecular weight excluding hydrogens is 348 g/mol. The number of sulfone groups is 1. The van der Waals surface area contributed by atoms with Crippen LogP contribution in [0.25, 0.3) is 10.2 Å². The normalized spacial score (nSPS) is 15.6. The Morgan fingerprint density at radius 1 is 1.29 bits per heavy atom. The number of carbonyl (C=O) groups excluding carboxylic acids is 1. The average molecular weight is 362 g/mol. The molecule has 0 N–H and O–H groups in total. The molecule has 3 aromatic rings. The molecule has 1 aliphatic rings. The summed E-state index contributed by atoms with van der Waals surface area (Å²) < 4.78 is 27.4. The van der Waals surface area contributed by atoms with E-state index in [2.05, 4.69) is 9.97 Å². The van der Waals surface area contributed by atoms with Gasteiger partial charge in [-0.05, 0) is 12.1 Å². The van der Waals surface area contributed by atoms with Crippen LogP contribution in [0, 0.1) is 0 Å². The predicted molar refractivity (Wildman–Crippen MR) is 89.7 cm³/mol. The lowest BCUT2D eigenvalue weighted by atomic mass is 10.2. The van der Waals surface area contributed by atoms with Crippen LogP contribution in [0.4, 0.5) is 0 Å². The number of para-hydroxylation sites is 1. The Kier molecular flexibility index (Phi) is 3.43. The van der Waals surface area contributed by atoms with Crippen molar-refractivity contribution in [3.63, 3.8) is 0 Å². The van der Waals surface area contributed by atoms with E-state index in [0.717, 1.165) is 10.2 Å². The smallest absolute Gasteiger partial charge is 0.282 e. The Balaban J connectivity index is 1.51. The van der Waals surface area contributed by atoms with E-state index in [-0.39, 0.29) is 24.2 Å². The third-order valence-electron chi connectivity index (χ3n) is 4.08. The Bertz CT molecular complexity index is 999. The molecule has 0 bridgehead atoms. The van der Waals surface area contributed by atoms with Crippen LogP contribution in [0.1, 0.15) is 9.80 Å². The first kappa shape index (κ1) is 15.3. The zero-order valence-electron chi connectivity index (χ0n) is 12.8. The number of rotatable bonds is 3. The van der Waals surface area contributed by atoms with Crippen molar-refractivity contribution in [1.29, 1.82) is 0 Å². The number of imidazole rings is 1. The second-order valence-corrected chi connectivity index (χ2v) is 8.84. The van der Waals surface area contributed by atoms with Crippen LogP contribution in [0.5, 0.6) is 0 Å². The number of thiazole rings is 1. The SMILES string of the molecule is Cn1ccnc1S(=O)(=O)C1CN(C(=O)c2nc3ccccc3s2)C1. The van der Waals surface area contributed by atoms with E-state index in [1.165, 1.54) is 27.0 Å². The highest BCUT2D eigenvalue weighted by Gasteiger charge is 2.43. The predicted octanol–water partition coefficient (Wildman–Crippen LogP) is 1.33. The topological polar surface area (TPSA) is 85.2 Å². The molecule has 1 aliphatic heterocycles. The minimum Gasteiger partial charge on any atom is -0.334 e. The maximum Gasteiger partial charge on any atom is 0.282 e. The Hall–Kier alpha value is -2.26. The molecule has 4 rings (SSSR count). The van der Waals surface area contributed by atoms with Crippen molar-refractivity contribution in [3.05, 3.63) is 41.7 Å². The molecule has 1 aromatic carbocycles. The summed E-state index contributed by atoms with van der Waals surface area (Å²) in [6.45, 7) is 0.341. The van der Waals surface area contributed by atoms with Gasteiger partial charge in [-0.2, -0.15) is 0 Å². The number of aromatic nitrogens is 3. The molecule has 0 unspecified atom stereocenters. The molecule has 0 aliphatic carbocycles. The van der Waals surface area contributed by atoms with Crippen molar-refractivity contribution < 1.29 is 13.2 Å². The molecule has 2 aromatic heterocycles. The molecule has 1 saturated heterocycles. The van der Waals surface area contributed by atoms with Gasteiger partial charge in [0.15, 0.2) is 5.01 Å². The van der Waals surface area contributed by atoms with Crippen LogP contribution in [-0.2, 0) is 16.9 Å². The Morgan fingerprint density at radius 2 is 2.04 bits per heavy atom. The third-order valence-corrected chi connectivity index (χ3v) is 7.18. The Labute approximate surface area is 142 Å². The fourth-order valence-corrected chi connectivity index (χ4v) is 5.33. The summed E-state index contributed by atoms with van der Waals surface area (Å²) in [4.78, 5) is 22.2. The third kappa shape index (κ3) is 2.31. The first-order valence-corrected chi connectivity index (χ1v) is 9.69. The largest absolute Gasteiger partial charge is 0.334 e. The van der Waals surface area contributed by atoms with Gasteiger partial charge in [0, 0.05) is 32.5 Å². The van der Waals surface area contributed by atoms with Gasteiger partial charge in [-0.3, -0.25) is 4.79 Å². The molecule has 0 spiro atoms. The van der Waals surface area contributed by atoms with Gasteiger partial charge < -0.3 is 9.47 Å². The number of carbonyl (C=O) groups is 1. The van der Waals surface area contributed by atoms with Crippen LogP contribution in [0.15, 0.2) is 41.8 Å². The summed E-state index contributed by atoms with van der Waals surface area (Å²) in [7, 11) is -1.88. The molecule has 0 radical (unpaired) electrons. The second kappa shape index (κ2) is 5.38. The zero-order valence-corrected chi connectivity index (χ0v) is 14.4. The van der Waals surface area contributed by atoms with Crippen molar-refractivity contribution in [2.24, 2.45) is 7.05 Å². The first-order valence-electron chi connectivity index (χ1n) is 7.33. The Morgan fingerprint density at radius 3 is 2.71 bits per heavy atom. The lowest BCUT2D eigenvalue weighted by molar-refractivity contribution is 0.0658. The van der Waals surface area contributed by atoms with E-state index in [1.54, 1.807) is 13.2 Å². The number of nitrogens with zero attached hydrogens (tertiary/aromatic N) is 4. The lowest BCUT2D eigenvalue weighted by Gasteiger charge is -2.37. The molecule has 3 heterocycles. The fraction of sp³-hybridized carbons (Fsp3) is 0.267. The van der Waals surface area contributed by atoms with E-state index in [4.69, 9.17) is 0 Å². The highest BCUT2D eigenvalue weighted by atomic mass is 32.2. The quantitative estimate of drug-likeness (QED) is 0.702. The van der Waals surface area contributed by atoms with Crippen LogP contribution in [0.3, 0.4) is 0 Å². The maximum atomic E-state index is 12.5. The molecular formula is C15H14N4O3S2. The van der Waals surface area contributed by atoms with Gasteiger partial charge in [0.25, 0.3) is 5.91 Å². The number of likely N-dealkylation sites (tertiary alicyclic amines) is 1. The standard InChI is InChI=1S/C15H14N4O3S2/c1-18-7-6-16-15(18)24(21,22)10-8-19(9-10)14(20)13-17-11-4-2-3-5-12(11)23-13/h2-7,10H,8-9H2,1H3. The molecule has 7 nitrogen and oxygen atoms in total. The van der Waals surface area contributed by atoms with Gasteiger partial charge in [0.05, 0.1) is 10.2 Å². The van der Waals surface area contributed by atoms with Crippen molar-refractivity contribution in [3.8, 4) is 0 Å². The van der Waals surface area contributed by atoms with Gasteiger partial charge in [0.2, 0.25) is 15.0 Å². The van der Waals surface area contributed by atoms with Crippen molar-refractivity contribution in [2.45, 2.75) is 10.4 Å². The van der Waals surface area contributed by atoms with Gasteiger partial charge in [0.1, 0.15) is 5.25 Å². The average Bonchev–Trinajstić information content (AvgIpc) is 3.11. The summed E-state index contributed by atoms with van der Waals surface area (Å²) in [5.41, 5.74) is 0.781. The molecule has 124 valence electrons. The number of hydrogen-bond acceptors (Lipinski definition) is 6. The van der Waals surface area contributed by atoms with Gasteiger partial charge in [-0.15, -0.1) is 11.3 Å². The number of benzene rings is 1. The van der Waals surface area contributed by atoms with E-state index in [1.807, 2.05) is 24.3 Å². The maximum absolute atomic E-state index is 12.5. The monoisotopic (exact) mass is 362 g/mol. The highest BCUT2D eigenvalue weighted by Crippen LogP contribution is 2.27. The highest BCUT2D eigenvalue weighted by molar-refractivity contribution is 7.92. The van der Waals surface area contributed by atoms with Crippen molar-refractivity contribution in [1.82, 2.24) is 19.4 Å². The summed E-state index contributed by atoms with van der Waals surface area (Å²) in [5.74, 6) is -0.220. The molecule has 0 atom stereocenters. The summed E-state index contributed by atoms with van der Waals surface area (Å²) >= 11 is 1.32. The van der Waals surface area contributed by atoms with E-state index >= 15 is 0 Å². The number of amides is 1. The lowest BCUT2D eigenvalue weighted by Crippen LogP contribution is -2.57.